The van der Waals surface area contributed by atoms with E-state index in [1.54, 1.807) is 13.8 Å². The predicted molar refractivity (Wildman–Crippen MR) is 40.6 cm³/mol. The van der Waals surface area contributed by atoms with E-state index in [1.807, 2.05) is 13.8 Å². The Kier molecular flexibility index (Phi) is 3.28. The van der Waals surface area contributed by atoms with E-state index in [9.17, 15) is 10.2 Å². The standard InChI is InChI=1S/C7H17NO2/c1-5(2)8-6(9)7(3,4)10/h5-6,8-10H,1-4H3. The fourth-order valence-corrected chi connectivity index (χ4v) is 0.520. The summed E-state index contributed by atoms with van der Waals surface area (Å²) >= 11 is 0. The Balaban J connectivity index is 3.73. The first-order chi connectivity index (χ1) is 4.34. The van der Waals surface area contributed by atoms with E-state index >= 15 is 0 Å². The first-order valence-electron chi connectivity index (χ1n) is 3.50. The second kappa shape index (κ2) is 3.32. The minimum atomic E-state index is -1.07. The molecular formula is C7H17NO2. The minimum absolute atomic E-state index is 0.182. The van der Waals surface area contributed by atoms with Crippen molar-refractivity contribution in [3.05, 3.63) is 0 Å². The summed E-state index contributed by atoms with van der Waals surface area (Å²) in [5.41, 5.74) is -1.07. The Bertz CT molecular complexity index is 96.3. The van der Waals surface area contributed by atoms with Gasteiger partial charge in [-0.15, -0.1) is 0 Å². The van der Waals surface area contributed by atoms with Crippen LogP contribution in [0.15, 0.2) is 0 Å². The quantitative estimate of drug-likeness (QED) is 0.495. The summed E-state index contributed by atoms with van der Waals surface area (Å²) in [4.78, 5) is 0. The van der Waals surface area contributed by atoms with Gasteiger partial charge in [0.1, 0.15) is 6.23 Å². The van der Waals surface area contributed by atoms with E-state index in [4.69, 9.17) is 0 Å². The molecule has 0 heterocycles. The predicted octanol–water partition coefficient (Wildman–Crippen LogP) is 0.0737. The zero-order valence-electron chi connectivity index (χ0n) is 7.05. The molecular weight excluding hydrogens is 130 g/mol. The van der Waals surface area contributed by atoms with Gasteiger partial charge >= 0.3 is 0 Å². The number of hydrogen-bond acceptors (Lipinski definition) is 3. The average molecular weight is 147 g/mol. The fourth-order valence-electron chi connectivity index (χ4n) is 0.520. The molecule has 0 aliphatic carbocycles. The van der Waals surface area contributed by atoms with Gasteiger partial charge in [-0.3, -0.25) is 5.32 Å². The molecule has 3 nitrogen and oxygen atoms in total. The van der Waals surface area contributed by atoms with Crippen molar-refractivity contribution < 1.29 is 10.2 Å². The maximum atomic E-state index is 9.22. The van der Waals surface area contributed by atoms with Crippen LogP contribution in [-0.2, 0) is 0 Å². The molecule has 0 saturated heterocycles. The van der Waals surface area contributed by atoms with Gasteiger partial charge in [0.25, 0.3) is 0 Å². The summed E-state index contributed by atoms with van der Waals surface area (Å²) in [6.07, 6.45) is -0.854. The van der Waals surface area contributed by atoms with Crippen molar-refractivity contribution in [2.45, 2.75) is 45.6 Å². The van der Waals surface area contributed by atoms with Gasteiger partial charge < -0.3 is 10.2 Å². The molecule has 3 heteroatoms. The van der Waals surface area contributed by atoms with Crippen LogP contribution in [0.4, 0.5) is 0 Å². The molecule has 62 valence electrons. The Labute approximate surface area is 62.1 Å². The van der Waals surface area contributed by atoms with E-state index in [-0.39, 0.29) is 6.04 Å². The largest absolute Gasteiger partial charge is 0.386 e. The zero-order valence-corrected chi connectivity index (χ0v) is 7.05. The van der Waals surface area contributed by atoms with Gasteiger partial charge in [0, 0.05) is 6.04 Å². The summed E-state index contributed by atoms with van der Waals surface area (Å²) in [6, 6.07) is 0.182. The van der Waals surface area contributed by atoms with Crippen LogP contribution in [0.25, 0.3) is 0 Å². The van der Waals surface area contributed by atoms with Gasteiger partial charge in [-0.05, 0) is 27.7 Å². The molecule has 0 aromatic heterocycles. The maximum absolute atomic E-state index is 9.22. The van der Waals surface area contributed by atoms with Gasteiger partial charge in [0.2, 0.25) is 0 Å². The molecule has 0 rings (SSSR count). The summed E-state index contributed by atoms with van der Waals surface area (Å²) in [7, 11) is 0. The van der Waals surface area contributed by atoms with Crippen LogP contribution in [0.2, 0.25) is 0 Å². The normalized spacial score (nSPS) is 15.9. The Morgan fingerprint density at radius 1 is 1.30 bits per heavy atom. The van der Waals surface area contributed by atoms with Gasteiger partial charge in [-0.25, -0.2) is 0 Å². The first kappa shape index (κ1) is 9.88. The summed E-state index contributed by atoms with van der Waals surface area (Å²) in [6.45, 7) is 6.95. The average Bonchev–Trinajstić information content (AvgIpc) is 1.60. The van der Waals surface area contributed by atoms with Crippen molar-refractivity contribution in [3.8, 4) is 0 Å². The van der Waals surface area contributed by atoms with E-state index in [2.05, 4.69) is 5.32 Å². The maximum Gasteiger partial charge on any atom is 0.133 e. The SMILES string of the molecule is CC(C)NC(O)C(C)(C)O. The number of aliphatic hydroxyl groups is 2. The molecule has 0 radical (unpaired) electrons. The smallest absolute Gasteiger partial charge is 0.133 e. The zero-order chi connectivity index (χ0) is 8.36. The number of hydrogen-bond donors (Lipinski definition) is 3. The highest BCUT2D eigenvalue weighted by molar-refractivity contribution is 4.75. The fraction of sp³-hybridized carbons (Fsp3) is 1.00. The van der Waals surface area contributed by atoms with Crippen molar-refractivity contribution >= 4 is 0 Å². The molecule has 0 saturated carbocycles. The molecule has 0 aliphatic rings. The van der Waals surface area contributed by atoms with Gasteiger partial charge in [-0.1, -0.05) is 0 Å². The number of rotatable bonds is 3. The molecule has 3 N–H and O–H groups in total. The third-order valence-corrected chi connectivity index (χ3v) is 1.16. The highest BCUT2D eigenvalue weighted by Gasteiger charge is 2.24. The second-order valence-electron chi connectivity index (χ2n) is 3.38. The third kappa shape index (κ3) is 3.82. The van der Waals surface area contributed by atoms with E-state index < -0.39 is 11.8 Å². The molecule has 0 fully saturated rings. The topological polar surface area (TPSA) is 52.5 Å². The van der Waals surface area contributed by atoms with Crippen LogP contribution in [0.1, 0.15) is 27.7 Å². The summed E-state index contributed by atoms with van der Waals surface area (Å²) in [5, 5.41) is 21.2. The van der Waals surface area contributed by atoms with Gasteiger partial charge in [0.15, 0.2) is 0 Å². The third-order valence-electron chi connectivity index (χ3n) is 1.16. The van der Waals surface area contributed by atoms with Gasteiger partial charge in [-0.2, -0.15) is 0 Å². The molecule has 0 aliphatic heterocycles. The molecule has 10 heavy (non-hydrogen) atoms. The molecule has 1 atom stereocenters. The Hall–Kier alpha value is -0.120. The second-order valence-corrected chi connectivity index (χ2v) is 3.38. The van der Waals surface area contributed by atoms with Crippen LogP contribution in [-0.4, -0.2) is 28.1 Å². The van der Waals surface area contributed by atoms with Crippen molar-refractivity contribution in [3.63, 3.8) is 0 Å². The number of nitrogens with one attached hydrogen (secondary N) is 1. The van der Waals surface area contributed by atoms with E-state index in [0.717, 1.165) is 0 Å². The lowest BCUT2D eigenvalue weighted by atomic mass is 10.1. The summed E-state index contributed by atoms with van der Waals surface area (Å²) in [5.74, 6) is 0. The lowest BCUT2D eigenvalue weighted by Gasteiger charge is -2.26. The van der Waals surface area contributed by atoms with E-state index in [0.29, 0.717) is 0 Å². The molecule has 1 unspecified atom stereocenters. The molecule has 0 amide bonds. The monoisotopic (exact) mass is 147 g/mol. The summed E-state index contributed by atoms with van der Waals surface area (Å²) < 4.78 is 0. The minimum Gasteiger partial charge on any atom is -0.386 e. The van der Waals surface area contributed by atoms with Gasteiger partial charge in [0.05, 0.1) is 5.60 Å². The van der Waals surface area contributed by atoms with Crippen LogP contribution >= 0.6 is 0 Å². The number of aliphatic hydroxyl groups excluding tert-OH is 1. The molecule has 0 spiro atoms. The highest BCUT2D eigenvalue weighted by atomic mass is 16.4. The molecule has 0 bridgehead atoms. The Morgan fingerprint density at radius 3 is 1.80 bits per heavy atom. The van der Waals surface area contributed by atoms with Crippen molar-refractivity contribution in [1.82, 2.24) is 5.32 Å². The van der Waals surface area contributed by atoms with Crippen molar-refractivity contribution in [2.75, 3.05) is 0 Å². The van der Waals surface area contributed by atoms with Crippen LogP contribution in [0.3, 0.4) is 0 Å². The van der Waals surface area contributed by atoms with Crippen LogP contribution in [0, 0.1) is 0 Å². The first-order valence-corrected chi connectivity index (χ1v) is 3.50. The van der Waals surface area contributed by atoms with Crippen LogP contribution in [0.5, 0.6) is 0 Å². The molecule has 0 aromatic rings. The van der Waals surface area contributed by atoms with Crippen LogP contribution < -0.4 is 5.32 Å². The highest BCUT2D eigenvalue weighted by Crippen LogP contribution is 2.05. The van der Waals surface area contributed by atoms with Crippen molar-refractivity contribution in [2.24, 2.45) is 0 Å². The van der Waals surface area contributed by atoms with Crippen molar-refractivity contribution in [1.29, 1.82) is 0 Å². The van der Waals surface area contributed by atoms with E-state index in [1.165, 1.54) is 0 Å². The lowest BCUT2D eigenvalue weighted by molar-refractivity contribution is -0.0682. The molecule has 0 aromatic carbocycles. The Morgan fingerprint density at radius 2 is 1.70 bits per heavy atom. The lowest BCUT2D eigenvalue weighted by Crippen LogP contribution is -2.49.